The van der Waals surface area contributed by atoms with Gasteiger partial charge in [0.2, 0.25) is 0 Å². The van der Waals surface area contributed by atoms with E-state index in [4.69, 9.17) is 40.6 Å². The molecule has 0 aromatic heterocycles. The molecule has 1 heterocycles. The lowest BCUT2D eigenvalue weighted by molar-refractivity contribution is -0.385. The molecule has 3 aromatic rings. The highest BCUT2D eigenvalue weighted by Gasteiger charge is 2.13. The number of nitrogens with zero attached hydrogens (tertiary/aromatic N) is 8. The fourth-order valence-corrected chi connectivity index (χ4v) is 5.91. The van der Waals surface area contributed by atoms with Gasteiger partial charge in [-0.15, -0.1) is 0 Å². The molecule has 3 aromatic carbocycles. The van der Waals surface area contributed by atoms with Crippen LogP contribution in [0.3, 0.4) is 0 Å². The summed E-state index contributed by atoms with van der Waals surface area (Å²) in [5.74, 6) is 0. The van der Waals surface area contributed by atoms with Gasteiger partial charge in [0.25, 0.3) is 31.6 Å². The Morgan fingerprint density at radius 3 is 1.67 bits per heavy atom. The van der Waals surface area contributed by atoms with Gasteiger partial charge in [-0.2, -0.15) is 16.8 Å². The first kappa shape index (κ1) is 33.2. The highest BCUT2D eigenvalue weighted by Crippen LogP contribution is 2.21. The van der Waals surface area contributed by atoms with E-state index in [2.05, 4.69) is 45.9 Å². The second-order valence-electron chi connectivity index (χ2n) is 11.7. The van der Waals surface area contributed by atoms with E-state index in [0.717, 1.165) is 55.3 Å². The summed E-state index contributed by atoms with van der Waals surface area (Å²) in [7, 11) is -7.08. The summed E-state index contributed by atoms with van der Waals surface area (Å²) in [6.07, 6.45) is 5.37. The molecule has 0 spiro atoms. The van der Waals surface area contributed by atoms with E-state index in [1.165, 1.54) is 35.4 Å². The molecule has 1 aliphatic heterocycles. The van der Waals surface area contributed by atoms with Crippen LogP contribution in [0.1, 0.15) is 60.0 Å². The van der Waals surface area contributed by atoms with Crippen LogP contribution in [-0.4, -0.2) is 78.6 Å². The topological polar surface area (TPSA) is 309 Å². The van der Waals surface area contributed by atoms with Gasteiger partial charge in [0.1, 0.15) is 0 Å². The molecule has 22 heteroatoms. The maximum absolute atomic E-state index is 10.9. The third-order valence-electron chi connectivity index (χ3n) is 7.60. The first-order chi connectivity index (χ1) is 33.5. The predicted molar refractivity (Wildman–Crippen MR) is 223 cm³/mol. The minimum absolute atomic E-state index is 0. The third kappa shape index (κ3) is 17.9. The minimum Gasteiger partial charge on any atom is -0.399 e. The summed E-state index contributed by atoms with van der Waals surface area (Å²) in [4.78, 5) is 25.7. The van der Waals surface area contributed by atoms with E-state index in [1.54, 1.807) is 12.1 Å². The van der Waals surface area contributed by atoms with Gasteiger partial charge in [-0.25, -0.2) is 0 Å². The van der Waals surface area contributed by atoms with Crippen molar-refractivity contribution in [2.24, 2.45) is 10.2 Å². The number of rotatable bonds is 16. The second kappa shape index (κ2) is 22.7. The Hall–Kier alpha value is -5.34. The first-order valence-corrected chi connectivity index (χ1v) is 20.0. The zero-order valence-corrected chi connectivity index (χ0v) is 31.4. The van der Waals surface area contributed by atoms with Crippen LogP contribution in [-0.2, 0) is 67.1 Å². The van der Waals surface area contributed by atoms with E-state index in [-0.39, 0.29) is 53.4 Å². The maximum atomic E-state index is 10.9. The quantitative estimate of drug-likeness (QED) is 0.0272. The largest absolute Gasteiger partial charge is 0.399 e. The van der Waals surface area contributed by atoms with Crippen molar-refractivity contribution in [3.63, 3.8) is 0 Å². The van der Waals surface area contributed by atoms with E-state index in [1.807, 2.05) is 6.07 Å². The summed E-state index contributed by atoms with van der Waals surface area (Å²) < 4.78 is 133. The molecule has 54 heavy (non-hydrogen) atoms. The van der Waals surface area contributed by atoms with Crippen molar-refractivity contribution in [2.75, 3.05) is 57.6 Å². The van der Waals surface area contributed by atoms with E-state index >= 15 is 0 Å². The van der Waals surface area contributed by atoms with Crippen molar-refractivity contribution in [2.45, 2.75) is 38.5 Å². The number of nitro groups is 2. The van der Waals surface area contributed by atoms with E-state index in [9.17, 15) is 37.1 Å². The predicted octanol–water partition coefficient (Wildman–Crippen LogP) is 7.35. The van der Waals surface area contributed by atoms with E-state index < -0.39 is 30.1 Å². The maximum Gasteiger partial charge on any atom is 0.269 e. The smallest absolute Gasteiger partial charge is 0.269 e. The number of hydrogen-bond acceptors (Lipinski definition) is 14. The van der Waals surface area contributed by atoms with Crippen LogP contribution in [0.4, 0.5) is 17.1 Å². The number of non-ortho nitro benzene ring substituents is 2. The Morgan fingerprint density at radius 1 is 0.741 bits per heavy atom. The molecule has 20 nitrogen and oxygen atoms in total. The molecule has 312 valence electrons. The van der Waals surface area contributed by atoms with Gasteiger partial charge in [-0.05, 0) is 108 Å². The van der Waals surface area contributed by atoms with Crippen LogP contribution < -0.4 is 11.1 Å². The number of fused-ring (bicyclic) bond motifs is 1. The molecule has 1 aliphatic rings. The number of nitrogen functional groups attached to an aromatic ring is 1. The number of hydrogen-bond donors (Lipinski definition) is 2. The minimum atomic E-state index is -3.55. The van der Waals surface area contributed by atoms with Gasteiger partial charge in [0.15, 0.2) is 0 Å². The zero-order chi connectivity index (χ0) is 56.1. The lowest BCUT2D eigenvalue weighted by Gasteiger charge is -2.08. The Labute approximate surface area is 340 Å². The lowest BCUT2D eigenvalue weighted by atomic mass is 10.0. The second-order valence-corrected chi connectivity index (χ2v) is 14.9. The molecule has 4 rings (SSSR count). The highest BCUT2D eigenvalue weighted by atomic mass is 32.2. The Balaban J connectivity index is -0.000000104. The molecule has 3 N–H and O–H groups in total. The van der Waals surface area contributed by atoms with Gasteiger partial charge in [-0.1, -0.05) is 28.4 Å². The van der Waals surface area contributed by atoms with Gasteiger partial charge in [0.05, 0.1) is 35.6 Å². The number of nitrogens with two attached hydrogens (primary N) is 1. The molecule has 0 saturated heterocycles. The average Bonchev–Trinajstić information content (AvgIpc) is 3.62. The number of nitrogens with one attached hydrogen (secondary N) is 1. The van der Waals surface area contributed by atoms with Gasteiger partial charge < -0.3 is 11.1 Å². The summed E-state index contributed by atoms with van der Waals surface area (Å²) in [5.41, 5.74) is 28.5. The number of nitro benzene ring substituents is 2. The molecular weight excluding hydrogens is 749 g/mol. The summed E-state index contributed by atoms with van der Waals surface area (Å²) in [6, 6.07) is 14.8. The molecule has 0 saturated carbocycles. The molecule has 0 aliphatic carbocycles. The van der Waals surface area contributed by atoms with E-state index in [0.29, 0.717) is 24.0 Å². The molecule has 0 bridgehead atoms. The fraction of sp³-hybridized carbons (Fsp3) is 0.438. The summed E-state index contributed by atoms with van der Waals surface area (Å²) >= 11 is 0. The van der Waals surface area contributed by atoms with Crippen molar-refractivity contribution >= 4 is 37.3 Å². The zero-order valence-electron chi connectivity index (χ0n) is 45.7. The lowest BCUT2D eigenvalue weighted by Crippen LogP contribution is -2.16. The Kier molecular flexibility index (Phi) is 14.0. The summed E-state index contributed by atoms with van der Waals surface area (Å²) in [6.45, 7) is 2.40. The summed E-state index contributed by atoms with van der Waals surface area (Å²) in [5, 5.41) is 31.7. The Morgan fingerprint density at radius 2 is 1.19 bits per heavy atom. The molecule has 0 atom stereocenters. The van der Waals surface area contributed by atoms with Crippen LogP contribution in [0.5, 0.6) is 0 Å². The third-order valence-corrected chi connectivity index (χ3v) is 8.79. The molecule has 0 radical (unpaired) electrons. The van der Waals surface area contributed by atoms with Crippen LogP contribution in [0, 0.1) is 20.2 Å². The monoisotopic (exact) mass is 829 g/mol. The van der Waals surface area contributed by atoms with Crippen LogP contribution in [0.25, 0.3) is 20.9 Å². The highest BCUT2D eigenvalue weighted by molar-refractivity contribution is 7.86. The number of benzene rings is 3. The number of anilines is 1. The van der Waals surface area contributed by atoms with Crippen molar-refractivity contribution in [3.05, 3.63) is 129 Å². The SMILES string of the molecule is CS(=O)(=O)OCCc1cc([N+](=O)[O-])ccc1CCN=[N+]=[N-].CS(=O)(=O)OCCc1ccc([N+](=O)[O-])cc1CCN=[N+]=[N-].Nc1ccc2c(c1)CCNCC2.[2HH].[2HH].[2H][2H].[2H][2H].[2H][2H].[2H][2H].[2H][2H].[2H][2H].[2H][2H].[2H][2H]. The normalized spacial score (nSPS) is 13.4. The van der Waals surface area contributed by atoms with Crippen molar-refractivity contribution in [3.8, 4) is 0 Å². The van der Waals surface area contributed by atoms with Gasteiger partial charge in [0, 0.05) is 79.5 Å². The van der Waals surface area contributed by atoms with Crippen molar-refractivity contribution in [1.29, 1.82) is 0 Å². The van der Waals surface area contributed by atoms with Crippen LogP contribution in [0.2, 0.25) is 0 Å². The molecule has 0 fully saturated rings. The van der Waals surface area contributed by atoms with Gasteiger partial charge >= 0.3 is 0 Å². The standard InChI is InChI=1S/2C11H14N4O5S.C10H14N2.10H2/c1-21(18,19)20-7-5-9-2-3-11(15(16)17)8-10(9)4-6-13-14-12;1-21(18,19)20-7-5-10-8-11(15(16)17)3-2-9(10)4-6-13-14-12;11-10-2-1-8-3-5-12-6-4-9(8)7-10;;;;;;;;;;/h2*2-3,8H,4-7H2,1H3;1-2,7,12H,3-6,11H2;10*1H/i;;;8*1+1D;2*1+1. The van der Waals surface area contributed by atoms with Gasteiger partial charge in [-0.3, -0.25) is 28.6 Å². The van der Waals surface area contributed by atoms with Crippen LogP contribution in [0.15, 0.2) is 64.8 Å². The molecular formula is C32H62N10O10S2. The first-order valence-electron chi connectivity index (χ1n) is 24.3. The fourth-order valence-electron chi connectivity index (χ4n) is 5.13. The molecule has 0 amide bonds. The van der Waals surface area contributed by atoms with Crippen molar-refractivity contribution < 1.29 is 61.7 Å². The van der Waals surface area contributed by atoms with Crippen molar-refractivity contribution in [1.82, 2.24) is 5.32 Å². The number of azide groups is 2. The average molecular weight is 829 g/mol. The Bertz CT molecular complexity index is 2130. The van der Waals surface area contributed by atoms with Crippen LogP contribution >= 0.6 is 0 Å². The molecule has 0 unspecified atom stereocenters.